The zero-order chi connectivity index (χ0) is 13.1. The van der Waals surface area contributed by atoms with E-state index in [1.807, 2.05) is 13.8 Å². The first-order valence-corrected chi connectivity index (χ1v) is 7.73. The van der Waals surface area contributed by atoms with Crippen LogP contribution in [0.4, 0.5) is 0 Å². The first-order chi connectivity index (χ1) is 8.56. The summed E-state index contributed by atoms with van der Waals surface area (Å²) in [7, 11) is 0. The number of aromatic nitrogens is 3. The van der Waals surface area contributed by atoms with Crippen LogP contribution in [0.25, 0.3) is 4.96 Å². The molecule has 0 bridgehead atoms. The van der Waals surface area contributed by atoms with Crippen LogP contribution in [0.1, 0.15) is 24.0 Å². The van der Waals surface area contributed by atoms with Gasteiger partial charge in [-0.05, 0) is 26.0 Å². The molecule has 5 nitrogen and oxygen atoms in total. The van der Waals surface area contributed by atoms with Crippen LogP contribution in [0.3, 0.4) is 0 Å². The molecule has 0 fully saturated rings. The summed E-state index contributed by atoms with van der Waals surface area (Å²) in [6.07, 6.45) is 0.993. The first-order valence-electron chi connectivity index (χ1n) is 5.76. The average molecular weight is 284 g/mol. The predicted molar refractivity (Wildman–Crippen MR) is 76.3 cm³/mol. The van der Waals surface area contributed by atoms with Gasteiger partial charge in [0, 0.05) is 23.6 Å². The summed E-state index contributed by atoms with van der Waals surface area (Å²) in [6.45, 7) is 3.82. The maximum Gasteiger partial charge on any atom is 0.275 e. The summed E-state index contributed by atoms with van der Waals surface area (Å²) in [4.78, 5) is 16.6. The summed E-state index contributed by atoms with van der Waals surface area (Å²) in [5.41, 5.74) is 6.31. The molecule has 0 radical (unpaired) electrons. The van der Waals surface area contributed by atoms with Crippen molar-refractivity contribution in [3.8, 4) is 0 Å². The Bertz CT molecular complexity index is 590. The number of nitrogens with zero attached hydrogens (tertiary/aromatic N) is 3. The highest BCUT2D eigenvalue weighted by atomic mass is 32.2. The lowest BCUT2D eigenvalue weighted by atomic mass is 10.3. The van der Waals surface area contributed by atoms with Gasteiger partial charge in [0.2, 0.25) is 4.96 Å². The maximum atomic E-state index is 11.7. The smallest absolute Gasteiger partial charge is 0.275 e. The Morgan fingerprint density at radius 2 is 2.39 bits per heavy atom. The second-order valence-corrected chi connectivity index (χ2v) is 6.39. The molecule has 98 valence electrons. The van der Waals surface area contributed by atoms with Crippen LogP contribution >= 0.6 is 23.1 Å². The molecule has 18 heavy (non-hydrogen) atoms. The third-order valence-corrected chi connectivity index (χ3v) is 4.45. The monoisotopic (exact) mass is 284 g/mol. The van der Waals surface area contributed by atoms with E-state index in [-0.39, 0.29) is 11.6 Å². The number of nitrogens with two attached hydrogens (primary N) is 1. The van der Waals surface area contributed by atoms with Gasteiger partial charge in [0.05, 0.1) is 0 Å². The molecule has 0 amide bonds. The molecule has 2 rings (SSSR count). The van der Waals surface area contributed by atoms with Crippen molar-refractivity contribution in [3.63, 3.8) is 0 Å². The second-order valence-electron chi connectivity index (χ2n) is 4.24. The summed E-state index contributed by atoms with van der Waals surface area (Å²) in [6, 6.07) is 1.74. The normalized spacial score (nSPS) is 13.1. The zero-order valence-electron chi connectivity index (χ0n) is 10.4. The third-order valence-electron chi connectivity index (χ3n) is 2.36. The quantitative estimate of drug-likeness (QED) is 0.841. The Kier molecular flexibility index (Phi) is 4.36. The lowest BCUT2D eigenvalue weighted by molar-refractivity contribution is 0.721. The lowest BCUT2D eigenvalue weighted by Gasteiger charge is -2.02. The predicted octanol–water partition coefficient (Wildman–Crippen LogP) is 1.43. The van der Waals surface area contributed by atoms with Gasteiger partial charge in [0.15, 0.2) is 0 Å². The van der Waals surface area contributed by atoms with E-state index in [0.717, 1.165) is 28.6 Å². The fraction of sp³-hybridized carbons (Fsp3) is 0.545. The van der Waals surface area contributed by atoms with E-state index in [4.69, 9.17) is 5.73 Å². The molecule has 0 aliphatic carbocycles. The fourth-order valence-electron chi connectivity index (χ4n) is 1.45. The summed E-state index contributed by atoms with van der Waals surface area (Å²) in [5, 5.41) is 5.21. The summed E-state index contributed by atoms with van der Waals surface area (Å²) < 4.78 is 1.37. The molecule has 0 aliphatic rings. The fourth-order valence-corrected chi connectivity index (χ4v) is 3.59. The minimum absolute atomic E-state index is 0.111. The van der Waals surface area contributed by atoms with E-state index in [2.05, 4.69) is 10.1 Å². The molecule has 0 saturated carbocycles. The van der Waals surface area contributed by atoms with E-state index >= 15 is 0 Å². The SMILES string of the molecule is Cc1cc(=O)n2nc(CSCCC(C)N)sc2n1. The van der Waals surface area contributed by atoms with Crippen LogP contribution in [0.5, 0.6) is 0 Å². The van der Waals surface area contributed by atoms with Crippen LogP contribution in [-0.2, 0) is 5.75 Å². The molecule has 0 aliphatic heterocycles. The van der Waals surface area contributed by atoms with Gasteiger partial charge in [-0.1, -0.05) is 11.3 Å². The summed E-state index contributed by atoms with van der Waals surface area (Å²) >= 11 is 3.26. The van der Waals surface area contributed by atoms with E-state index in [1.165, 1.54) is 21.9 Å². The Labute approximate surface area is 113 Å². The van der Waals surface area contributed by atoms with E-state index in [1.54, 1.807) is 11.8 Å². The van der Waals surface area contributed by atoms with Crippen molar-refractivity contribution in [2.45, 2.75) is 32.1 Å². The number of hydrogen-bond donors (Lipinski definition) is 1. The molecule has 0 spiro atoms. The van der Waals surface area contributed by atoms with Gasteiger partial charge in [-0.15, -0.1) is 0 Å². The highest BCUT2D eigenvalue weighted by molar-refractivity contribution is 7.98. The number of hydrogen-bond acceptors (Lipinski definition) is 6. The van der Waals surface area contributed by atoms with Crippen LogP contribution in [-0.4, -0.2) is 26.4 Å². The lowest BCUT2D eigenvalue weighted by Crippen LogP contribution is -2.15. The highest BCUT2D eigenvalue weighted by Gasteiger charge is 2.07. The average Bonchev–Trinajstić information content (AvgIpc) is 2.67. The highest BCUT2D eigenvalue weighted by Crippen LogP contribution is 2.18. The largest absolute Gasteiger partial charge is 0.328 e. The van der Waals surface area contributed by atoms with E-state index < -0.39 is 0 Å². The Morgan fingerprint density at radius 3 is 3.11 bits per heavy atom. The Balaban J connectivity index is 2.06. The van der Waals surface area contributed by atoms with Crippen LogP contribution in [0.15, 0.2) is 10.9 Å². The van der Waals surface area contributed by atoms with Crippen LogP contribution in [0, 0.1) is 6.92 Å². The van der Waals surface area contributed by atoms with Crippen molar-refractivity contribution in [1.29, 1.82) is 0 Å². The van der Waals surface area contributed by atoms with Gasteiger partial charge in [0.1, 0.15) is 5.01 Å². The molecule has 1 atom stereocenters. The Hall–Kier alpha value is -0.920. The number of thioether (sulfide) groups is 1. The van der Waals surface area contributed by atoms with Gasteiger partial charge in [-0.25, -0.2) is 4.98 Å². The van der Waals surface area contributed by atoms with Gasteiger partial charge in [0.25, 0.3) is 5.56 Å². The van der Waals surface area contributed by atoms with Crippen LogP contribution < -0.4 is 11.3 Å². The van der Waals surface area contributed by atoms with Crippen molar-refractivity contribution in [2.75, 3.05) is 5.75 Å². The maximum absolute atomic E-state index is 11.7. The van der Waals surface area contributed by atoms with Gasteiger partial charge < -0.3 is 5.73 Å². The number of rotatable bonds is 5. The molecule has 1 unspecified atom stereocenters. The summed E-state index contributed by atoms with van der Waals surface area (Å²) in [5.74, 6) is 1.81. The van der Waals surface area contributed by atoms with E-state index in [0.29, 0.717) is 4.96 Å². The van der Waals surface area contributed by atoms with Crippen molar-refractivity contribution >= 4 is 28.1 Å². The number of aryl methyl sites for hydroxylation is 1. The topological polar surface area (TPSA) is 73.3 Å². The van der Waals surface area contributed by atoms with Crippen molar-refractivity contribution in [3.05, 3.63) is 27.1 Å². The minimum atomic E-state index is -0.111. The first kappa shape index (κ1) is 13.5. The van der Waals surface area contributed by atoms with Gasteiger partial charge in [-0.2, -0.15) is 21.4 Å². The van der Waals surface area contributed by atoms with Gasteiger partial charge >= 0.3 is 0 Å². The molecular weight excluding hydrogens is 268 g/mol. The minimum Gasteiger partial charge on any atom is -0.328 e. The van der Waals surface area contributed by atoms with Crippen molar-refractivity contribution in [2.24, 2.45) is 5.73 Å². The second kappa shape index (κ2) is 5.81. The van der Waals surface area contributed by atoms with Crippen molar-refractivity contribution in [1.82, 2.24) is 14.6 Å². The molecule has 2 N–H and O–H groups in total. The molecular formula is C11H16N4OS2. The molecule has 7 heteroatoms. The van der Waals surface area contributed by atoms with Gasteiger partial charge in [-0.3, -0.25) is 4.79 Å². The van der Waals surface area contributed by atoms with Crippen molar-refractivity contribution < 1.29 is 0 Å². The third kappa shape index (κ3) is 3.30. The molecule has 0 saturated heterocycles. The molecule has 0 aromatic carbocycles. The molecule has 2 aromatic rings. The number of fused-ring (bicyclic) bond motifs is 1. The standard InChI is InChI=1S/C11H16N4OS2/c1-7(12)3-4-17-6-9-14-15-10(16)5-8(2)13-11(15)18-9/h5,7H,3-4,6,12H2,1-2H3. The van der Waals surface area contributed by atoms with Crippen LogP contribution in [0.2, 0.25) is 0 Å². The van der Waals surface area contributed by atoms with E-state index in [9.17, 15) is 4.79 Å². The zero-order valence-corrected chi connectivity index (χ0v) is 12.1. The molecule has 2 aromatic heterocycles. The Morgan fingerprint density at radius 1 is 1.61 bits per heavy atom. The molecule has 2 heterocycles.